The Morgan fingerprint density at radius 3 is 2.67 bits per heavy atom. The maximum absolute atomic E-state index is 12.0. The van der Waals surface area contributed by atoms with E-state index in [1.54, 1.807) is 19.1 Å². The molecular weight excluding hydrogens is 318 g/mol. The topological polar surface area (TPSA) is 134 Å². The third-order valence-corrected chi connectivity index (χ3v) is 2.71. The van der Waals surface area contributed by atoms with Gasteiger partial charge < -0.3 is 25.0 Å². The van der Waals surface area contributed by atoms with Crippen LogP contribution in [0.5, 0.6) is 5.75 Å². The van der Waals surface area contributed by atoms with Crippen molar-refractivity contribution < 1.29 is 28.4 Å². The second-order valence-corrected chi connectivity index (χ2v) is 4.70. The molecule has 0 aliphatic heterocycles. The minimum absolute atomic E-state index is 0.0730. The molecule has 9 nitrogen and oxygen atoms in total. The molecule has 0 radical (unpaired) electrons. The summed E-state index contributed by atoms with van der Waals surface area (Å²) in [6.07, 6.45) is 0. The van der Waals surface area contributed by atoms with Gasteiger partial charge in [-0.3, -0.25) is 9.59 Å². The summed E-state index contributed by atoms with van der Waals surface area (Å²) < 4.78 is 14.8. The summed E-state index contributed by atoms with van der Waals surface area (Å²) in [7, 11) is 0. The monoisotopic (exact) mass is 333 g/mol. The van der Waals surface area contributed by atoms with Gasteiger partial charge in [-0.25, -0.2) is 4.79 Å². The number of hydrogen-bond acceptors (Lipinski definition) is 7. The largest absolute Gasteiger partial charge is 0.483 e. The molecule has 1 aromatic carbocycles. The minimum Gasteiger partial charge on any atom is -0.483 e. The average Bonchev–Trinajstić information content (AvgIpc) is 2.95. The number of rotatable bonds is 7. The van der Waals surface area contributed by atoms with Crippen molar-refractivity contribution in [2.45, 2.75) is 6.92 Å². The standard InChI is InChI=1S/C15H15N3O6/c1-9-6-13(18-24-9)17-14(20)8-23-15(21)10-4-2-3-5-11(10)22-7-12(16)19/h2-6H,7-8H2,1H3,(H2,16,19)(H,17,18,20). The molecule has 0 saturated carbocycles. The normalized spacial score (nSPS) is 10.0. The van der Waals surface area contributed by atoms with Crippen LogP contribution < -0.4 is 15.8 Å². The number of carbonyl (C=O) groups is 3. The van der Waals surface area contributed by atoms with Crippen molar-refractivity contribution in [1.82, 2.24) is 5.16 Å². The first-order chi connectivity index (χ1) is 11.5. The fraction of sp³-hybridized carbons (Fsp3) is 0.200. The number of aromatic nitrogens is 1. The van der Waals surface area contributed by atoms with E-state index in [1.165, 1.54) is 18.2 Å². The van der Waals surface area contributed by atoms with Crippen LogP contribution in [0.3, 0.4) is 0 Å². The van der Waals surface area contributed by atoms with E-state index in [-0.39, 0.29) is 23.7 Å². The van der Waals surface area contributed by atoms with Gasteiger partial charge in [0.2, 0.25) is 0 Å². The fourth-order valence-electron chi connectivity index (χ4n) is 1.72. The second-order valence-electron chi connectivity index (χ2n) is 4.70. The number of nitrogens with one attached hydrogen (secondary N) is 1. The molecule has 0 fully saturated rings. The Morgan fingerprint density at radius 1 is 1.25 bits per heavy atom. The predicted octanol–water partition coefficient (Wildman–Crippen LogP) is 0.643. The molecule has 0 saturated heterocycles. The molecule has 24 heavy (non-hydrogen) atoms. The SMILES string of the molecule is Cc1cc(NC(=O)COC(=O)c2ccccc2OCC(N)=O)no1. The fourth-order valence-corrected chi connectivity index (χ4v) is 1.72. The second kappa shape index (κ2) is 7.77. The molecule has 0 atom stereocenters. The Hall–Kier alpha value is -3.36. The number of nitrogens with two attached hydrogens (primary N) is 1. The van der Waals surface area contributed by atoms with Crippen LogP contribution in [-0.2, 0) is 14.3 Å². The van der Waals surface area contributed by atoms with Crippen LogP contribution in [-0.4, -0.2) is 36.2 Å². The van der Waals surface area contributed by atoms with Crippen LogP contribution >= 0.6 is 0 Å². The van der Waals surface area contributed by atoms with Crippen LogP contribution in [0.4, 0.5) is 5.82 Å². The Bertz CT molecular complexity index is 755. The number of carbonyl (C=O) groups excluding carboxylic acids is 3. The van der Waals surface area contributed by atoms with Crippen molar-refractivity contribution in [3.05, 3.63) is 41.7 Å². The summed E-state index contributed by atoms with van der Waals surface area (Å²) in [5.41, 5.74) is 5.07. The molecule has 2 amide bonds. The number of benzene rings is 1. The molecule has 0 aliphatic carbocycles. The number of para-hydroxylation sites is 1. The minimum atomic E-state index is -0.776. The van der Waals surface area contributed by atoms with Gasteiger partial charge in [-0.2, -0.15) is 0 Å². The third-order valence-electron chi connectivity index (χ3n) is 2.71. The van der Waals surface area contributed by atoms with Gasteiger partial charge in [-0.1, -0.05) is 17.3 Å². The summed E-state index contributed by atoms with van der Waals surface area (Å²) in [5, 5.41) is 6.00. The number of hydrogen-bond donors (Lipinski definition) is 2. The van der Waals surface area contributed by atoms with E-state index in [0.29, 0.717) is 5.76 Å². The Balaban J connectivity index is 1.92. The van der Waals surface area contributed by atoms with Gasteiger partial charge in [0.15, 0.2) is 19.0 Å². The summed E-state index contributed by atoms with van der Waals surface area (Å²) in [6.45, 7) is 0.775. The molecule has 0 bridgehead atoms. The Labute approximate surface area is 136 Å². The van der Waals surface area contributed by atoms with E-state index in [2.05, 4.69) is 10.5 Å². The van der Waals surface area contributed by atoms with Gasteiger partial charge in [-0.05, 0) is 19.1 Å². The van der Waals surface area contributed by atoms with Crippen molar-refractivity contribution in [2.24, 2.45) is 5.73 Å². The molecule has 1 heterocycles. The molecule has 3 N–H and O–H groups in total. The summed E-state index contributed by atoms with van der Waals surface area (Å²) in [4.78, 5) is 34.5. The van der Waals surface area contributed by atoms with Crippen molar-refractivity contribution in [1.29, 1.82) is 0 Å². The van der Waals surface area contributed by atoms with E-state index in [0.717, 1.165) is 0 Å². The number of ether oxygens (including phenoxy) is 2. The molecule has 0 spiro atoms. The molecule has 2 aromatic rings. The Kier molecular flexibility index (Phi) is 5.50. The van der Waals surface area contributed by atoms with Gasteiger partial charge in [0.25, 0.3) is 11.8 Å². The first-order valence-corrected chi connectivity index (χ1v) is 6.86. The van der Waals surface area contributed by atoms with E-state index in [1.807, 2.05) is 0 Å². The maximum atomic E-state index is 12.0. The highest BCUT2D eigenvalue weighted by Crippen LogP contribution is 2.19. The van der Waals surface area contributed by atoms with Gasteiger partial charge in [0.1, 0.15) is 17.1 Å². The molecule has 126 valence electrons. The van der Waals surface area contributed by atoms with Crippen LogP contribution in [0.1, 0.15) is 16.1 Å². The zero-order chi connectivity index (χ0) is 17.5. The lowest BCUT2D eigenvalue weighted by atomic mass is 10.2. The number of nitrogens with zero attached hydrogens (tertiary/aromatic N) is 1. The summed E-state index contributed by atoms with van der Waals surface area (Å²) >= 11 is 0. The zero-order valence-electron chi connectivity index (χ0n) is 12.8. The van der Waals surface area contributed by atoms with Crippen molar-refractivity contribution in [3.63, 3.8) is 0 Å². The predicted molar refractivity (Wildman–Crippen MR) is 81.3 cm³/mol. The molecule has 0 unspecified atom stereocenters. The van der Waals surface area contributed by atoms with Crippen LogP contribution in [0.25, 0.3) is 0 Å². The molecular formula is C15H15N3O6. The van der Waals surface area contributed by atoms with E-state index >= 15 is 0 Å². The van der Waals surface area contributed by atoms with Crippen molar-refractivity contribution in [3.8, 4) is 5.75 Å². The lowest BCUT2D eigenvalue weighted by molar-refractivity contribution is -0.120. The van der Waals surface area contributed by atoms with E-state index in [4.69, 9.17) is 19.7 Å². The van der Waals surface area contributed by atoms with E-state index < -0.39 is 24.4 Å². The van der Waals surface area contributed by atoms with Crippen molar-refractivity contribution in [2.75, 3.05) is 18.5 Å². The number of aryl methyl sites for hydroxylation is 1. The summed E-state index contributed by atoms with van der Waals surface area (Å²) in [5.74, 6) is -1.15. The highest BCUT2D eigenvalue weighted by molar-refractivity contribution is 5.96. The first-order valence-electron chi connectivity index (χ1n) is 6.86. The molecule has 2 rings (SSSR count). The lowest BCUT2D eigenvalue weighted by Gasteiger charge is -2.09. The van der Waals surface area contributed by atoms with Crippen molar-refractivity contribution >= 4 is 23.6 Å². The first kappa shape index (κ1) is 17.0. The Morgan fingerprint density at radius 2 is 2.00 bits per heavy atom. The number of primary amides is 1. The molecule has 9 heteroatoms. The molecule has 1 aromatic heterocycles. The molecule has 0 aliphatic rings. The van der Waals surface area contributed by atoms with Crippen LogP contribution in [0, 0.1) is 6.92 Å². The third kappa shape index (κ3) is 4.83. The highest BCUT2D eigenvalue weighted by atomic mass is 16.5. The maximum Gasteiger partial charge on any atom is 0.342 e. The van der Waals surface area contributed by atoms with Gasteiger partial charge in [0, 0.05) is 6.07 Å². The van der Waals surface area contributed by atoms with Gasteiger partial charge in [0.05, 0.1) is 0 Å². The number of esters is 1. The zero-order valence-corrected chi connectivity index (χ0v) is 12.8. The van der Waals surface area contributed by atoms with E-state index in [9.17, 15) is 14.4 Å². The summed E-state index contributed by atoms with van der Waals surface area (Å²) in [6, 6.07) is 7.65. The number of anilines is 1. The highest BCUT2D eigenvalue weighted by Gasteiger charge is 2.16. The van der Waals surface area contributed by atoms with Crippen LogP contribution in [0.2, 0.25) is 0 Å². The average molecular weight is 333 g/mol. The van der Waals surface area contributed by atoms with Gasteiger partial charge >= 0.3 is 5.97 Å². The van der Waals surface area contributed by atoms with Crippen LogP contribution in [0.15, 0.2) is 34.9 Å². The lowest BCUT2D eigenvalue weighted by Crippen LogP contribution is -2.23. The smallest absolute Gasteiger partial charge is 0.342 e. The quantitative estimate of drug-likeness (QED) is 0.710. The van der Waals surface area contributed by atoms with Gasteiger partial charge in [-0.15, -0.1) is 0 Å². The number of amides is 2.